The Morgan fingerprint density at radius 1 is 0.826 bits per heavy atom. The molecule has 132 valence electrons. The molecule has 23 heavy (non-hydrogen) atoms. The molecule has 0 saturated heterocycles. The number of nitrogens with one attached hydrogen (secondary N) is 1. The topological polar surface area (TPSA) is 108 Å². The molecule has 0 aliphatic rings. The van der Waals surface area contributed by atoms with Crippen LogP contribution in [0.5, 0.6) is 0 Å². The lowest BCUT2D eigenvalue weighted by molar-refractivity contribution is -0.163. The number of ether oxygens (including phenoxy) is 3. The number of hydrogen-bond donors (Lipinski definition) is 1. The van der Waals surface area contributed by atoms with Crippen LogP contribution in [0.1, 0.15) is 27.2 Å². The van der Waals surface area contributed by atoms with Crippen molar-refractivity contribution in [2.75, 3.05) is 21.3 Å². The van der Waals surface area contributed by atoms with Gasteiger partial charge >= 0.3 is 17.9 Å². The van der Waals surface area contributed by atoms with Crippen LogP contribution in [-0.4, -0.2) is 51.2 Å². The maximum Gasteiger partial charge on any atom is 0.328 e. The Morgan fingerprint density at radius 3 is 1.61 bits per heavy atom. The Balaban J connectivity index is 5.42. The number of amides is 1. The van der Waals surface area contributed by atoms with Gasteiger partial charge < -0.3 is 19.5 Å². The first-order valence-electron chi connectivity index (χ1n) is 7.22. The molecule has 1 N–H and O–H groups in total. The zero-order valence-electron chi connectivity index (χ0n) is 14.4. The Kier molecular flexibility index (Phi) is 8.90. The molecular weight excluding hydrogens is 306 g/mol. The molecular formula is C15H25NO7. The first-order chi connectivity index (χ1) is 10.7. The lowest BCUT2D eigenvalue weighted by atomic mass is 9.87. The van der Waals surface area contributed by atoms with Gasteiger partial charge in [0.15, 0.2) is 5.92 Å². The zero-order valence-corrected chi connectivity index (χ0v) is 14.4. The maximum absolute atomic E-state index is 12.0. The summed E-state index contributed by atoms with van der Waals surface area (Å²) in [7, 11) is 3.40. The van der Waals surface area contributed by atoms with E-state index in [9.17, 15) is 19.2 Å². The number of esters is 3. The lowest BCUT2D eigenvalue weighted by Crippen LogP contribution is -2.51. The smallest absolute Gasteiger partial charge is 0.328 e. The van der Waals surface area contributed by atoms with Crippen molar-refractivity contribution >= 4 is 23.8 Å². The zero-order chi connectivity index (χ0) is 18.2. The number of carbonyl (C=O) groups excluding carboxylic acids is 4. The summed E-state index contributed by atoms with van der Waals surface area (Å²) in [6, 6.07) is -1.17. The third-order valence-electron chi connectivity index (χ3n) is 3.33. The van der Waals surface area contributed by atoms with Crippen molar-refractivity contribution in [3.8, 4) is 0 Å². The van der Waals surface area contributed by atoms with Crippen LogP contribution in [0.4, 0.5) is 0 Å². The van der Waals surface area contributed by atoms with Crippen molar-refractivity contribution in [1.82, 2.24) is 5.32 Å². The molecule has 0 rings (SSSR count). The highest BCUT2D eigenvalue weighted by Crippen LogP contribution is 2.20. The van der Waals surface area contributed by atoms with E-state index in [0.717, 1.165) is 21.3 Å². The van der Waals surface area contributed by atoms with Crippen LogP contribution in [0.25, 0.3) is 0 Å². The maximum atomic E-state index is 12.0. The van der Waals surface area contributed by atoms with Gasteiger partial charge in [0.05, 0.1) is 21.3 Å². The molecule has 0 spiro atoms. The van der Waals surface area contributed by atoms with Gasteiger partial charge in [-0.2, -0.15) is 0 Å². The molecule has 2 atom stereocenters. The number of carbonyl (C=O) groups is 4. The number of rotatable bonds is 8. The first-order valence-corrected chi connectivity index (χ1v) is 7.22. The first kappa shape index (κ1) is 20.9. The minimum Gasteiger partial charge on any atom is -0.468 e. The van der Waals surface area contributed by atoms with E-state index in [1.165, 1.54) is 6.92 Å². The highest BCUT2D eigenvalue weighted by atomic mass is 16.5. The fraction of sp³-hybridized carbons (Fsp3) is 0.733. The third-order valence-corrected chi connectivity index (χ3v) is 3.33. The predicted octanol–water partition coefficient (Wildman–Crippen LogP) is 0.289. The average molecular weight is 331 g/mol. The van der Waals surface area contributed by atoms with E-state index < -0.39 is 35.8 Å². The number of methoxy groups -OCH3 is 3. The fourth-order valence-electron chi connectivity index (χ4n) is 2.11. The molecule has 1 amide bonds. The van der Waals surface area contributed by atoms with Crippen LogP contribution >= 0.6 is 0 Å². The van der Waals surface area contributed by atoms with Gasteiger partial charge in [-0.3, -0.25) is 14.4 Å². The van der Waals surface area contributed by atoms with Crippen LogP contribution in [0.2, 0.25) is 0 Å². The Labute approximate surface area is 135 Å². The van der Waals surface area contributed by atoms with Crippen LogP contribution < -0.4 is 5.32 Å². The molecule has 0 unspecified atom stereocenters. The molecule has 0 bridgehead atoms. The van der Waals surface area contributed by atoms with E-state index in [1.807, 2.05) is 13.8 Å². The second kappa shape index (κ2) is 9.81. The SMILES string of the molecule is COC(=O)C(C(=O)OC)[C@H](C)[C@H](NC(=O)CC(C)C)C(=O)OC. The van der Waals surface area contributed by atoms with Crippen molar-refractivity contribution < 1.29 is 33.4 Å². The summed E-state index contributed by atoms with van der Waals surface area (Å²) in [6.45, 7) is 5.17. The van der Waals surface area contributed by atoms with Crippen molar-refractivity contribution in [1.29, 1.82) is 0 Å². The van der Waals surface area contributed by atoms with Crippen LogP contribution in [-0.2, 0) is 33.4 Å². The molecule has 0 saturated carbocycles. The monoisotopic (exact) mass is 331 g/mol. The van der Waals surface area contributed by atoms with E-state index in [2.05, 4.69) is 19.5 Å². The summed E-state index contributed by atoms with van der Waals surface area (Å²) in [5, 5.41) is 2.51. The quantitative estimate of drug-likeness (QED) is 0.387. The summed E-state index contributed by atoms with van der Waals surface area (Å²) in [5.74, 6) is -5.01. The standard InChI is InChI=1S/C15H25NO7/c1-8(2)7-10(17)16-12(15(20)23-6)9(3)11(13(18)21-4)14(19)22-5/h8-9,11-12H,7H2,1-6H3,(H,16,17)/t9-,12-/m0/s1. The molecule has 0 aliphatic heterocycles. The summed E-state index contributed by atoms with van der Waals surface area (Å²) in [5.41, 5.74) is 0. The van der Waals surface area contributed by atoms with Gasteiger partial charge in [0.1, 0.15) is 6.04 Å². The molecule has 8 nitrogen and oxygen atoms in total. The van der Waals surface area contributed by atoms with E-state index in [4.69, 9.17) is 0 Å². The molecule has 0 fully saturated rings. The second-order valence-electron chi connectivity index (χ2n) is 5.55. The van der Waals surface area contributed by atoms with E-state index in [1.54, 1.807) is 0 Å². The summed E-state index contributed by atoms with van der Waals surface area (Å²) < 4.78 is 13.8. The normalized spacial score (nSPS) is 13.2. The van der Waals surface area contributed by atoms with Crippen molar-refractivity contribution in [3.63, 3.8) is 0 Å². The van der Waals surface area contributed by atoms with Crippen LogP contribution in [0.15, 0.2) is 0 Å². The minimum absolute atomic E-state index is 0.0839. The highest BCUT2D eigenvalue weighted by Gasteiger charge is 2.42. The largest absolute Gasteiger partial charge is 0.468 e. The van der Waals surface area contributed by atoms with Crippen molar-refractivity contribution in [2.24, 2.45) is 17.8 Å². The van der Waals surface area contributed by atoms with Gasteiger partial charge in [0.2, 0.25) is 5.91 Å². The van der Waals surface area contributed by atoms with Gasteiger partial charge in [-0.05, 0) is 5.92 Å². The molecule has 0 aromatic heterocycles. The lowest BCUT2D eigenvalue weighted by Gasteiger charge is -2.27. The van der Waals surface area contributed by atoms with Gasteiger partial charge in [-0.25, -0.2) is 4.79 Å². The average Bonchev–Trinajstić information content (AvgIpc) is 2.50. The third kappa shape index (κ3) is 6.25. The van der Waals surface area contributed by atoms with E-state index >= 15 is 0 Å². The predicted molar refractivity (Wildman–Crippen MR) is 80.1 cm³/mol. The highest BCUT2D eigenvalue weighted by molar-refractivity contribution is 5.96. The van der Waals surface area contributed by atoms with Crippen molar-refractivity contribution in [2.45, 2.75) is 33.2 Å². The van der Waals surface area contributed by atoms with Crippen LogP contribution in [0, 0.1) is 17.8 Å². The molecule has 8 heteroatoms. The summed E-state index contributed by atoms with van der Waals surface area (Å²) in [4.78, 5) is 47.6. The fourth-order valence-corrected chi connectivity index (χ4v) is 2.11. The van der Waals surface area contributed by atoms with Gasteiger partial charge in [0.25, 0.3) is 0 Å². The molecule has 0 radical (unpaired) electrons. The second-order valence-corrected chi connectivity index (χ2v) is 5.55. The Hall–Kier alpha value is -2.12. The summed E-state index contributed by atoms with van der Waals surface area (Å²) in [6.07, 6.45) is 0.196. The summed E-state index contributed by atoms with van der Waals surface area (Å²) >= 11 is 0. The molecule has 0 aromatic carbocycles. The van der Waals surface area contributed by atoms with Gasteiger partial charge in [0, 0.05) is 12.3 Å². The van der Waals surface area contributed by atoms with Crippen molar-refractivity contribution in [3.05, 3.63) is 0 Å². The Morgan fingerprint density at radius 2 is 1.26 bits per heavy atom. The van der Waals surface area contributed by atoms with E-state index in [-0.39, 0.29) is 18.2 Å². The molecule has 0 aromatic rings. The van der Waals surface area contributed by atoms with E-state index in [0.29, 0.717) is 0 Å². The Bertz CT molecular complexity index is 431. The number of hydrogen-bond acceptors (Lipinski definition) is 7. The van der Waals surface area contributed by atoms with Gasteiger partial charge in [-0.15, -0.1) is 0 Å². The van der Waals surface area contributed by atoms with Crippen LogP contribution in [0.3, 0.4) is 0 Å². The van der Waals surface area contributed by atoms with Gasteiger partial charge in [-0.1, -0.05) is 20.8 Å². The molecule has 0 heterocycles. The molecule has 0 aliphatic carbocycles. The minimum atomic E-state index is -1.35.